The summed E-state index contributed by atoms with van der Waals surface area (Å²) < 4.78 is 0. The van der Waals surface area contributed by atoms with Crippen LogP contribution in [0.4, 0.5) is 4.79 Å². The van der Waals surface area contributed by atoms with Crippen LogP contribution in [0.25, 0.3) is 0 Å². The highest BCUT2D eigenvalue weighted by atomic mass is 16.2. The van der Waals surface area contributed by atoms with E-state index in [9.17, 15) is 14.4 Å². The van der Waals surface area contributed by atoms with Gasteiger partial charge in [0.1, 0.15) is 0 Å². The number of carbonyl (C=O) groups excluding carboxylic acids is 3. The number of aryl methyl sites for hydroxylation is 2. The highest BCUT2D eigenvalue weighted by molar-refractivity contribution is 6.44. The first-order chi connectivity index (χ1) is 11.1. The summed E-state index contributed by atoms with van der Waals surface area (Å²) in [6.45, 7) is 12.7. The minimum Gasteiger partial charge on any atom is -0.263 e. The molecule has 2 rings (SSSR count). The van der Waals surface area contributed by atoms with Crippen molar-refractivity contribution >= 4 is 17.8 Å². The van der Waals surface area contributed by atoms with Crippen molar-refractivity contribution in [2.45, 2.75) is 59.9 Å². The second-order valence-electron chi connectivity index (χ2n) is 7.47. The molecule has 0 spiro atoms. The smallest absolute Gasteiger partial charge is 0.263 e. The van der Waals surface area contributed by atoms with Gasteiger partial charge in [-0.05, 0) is 47.9 Å². The molecule has 0 radical (unpaired) electrons. The fourth-order valence-corrected chi connectivity index (χ4v) is 2.94. The second-order valence-corrected chi connectivity index (χ2v) is 7.47. The van der Waals surface area contributed by atoms with Crippen molar-refractivity contribution in [3.05, 3.63) is 34.4 Å². The van der Waals surface area contributed by atoms with Gasteiger partial charge in [-0.1, -0.05) is 39.8 Å². The fraction of sp³-hybridized carbons (Fsp3) is 0.526. The lowest BCUT2D eigenvalue weighted by Gasteiger charge is -2.23. The summed E-state index contributed by atoms with van der Waals surface area (Å²) in [7, 11) is 0. The lowest BCUT2D eigenvalue weighted by atomic mass is 9.84. The van der Waals surface area contributed by atoms with Crippen molar-refractivity contribution < 1.29 is 14.4 Å². The third-order valence-corrected chi connectivity index (χ3v) is 4.46. The van der Waals surface area contributed by atoms with Gasteiger partial charge < -0.3 is 0 Å². The normalized spacial score (nSPS) is 15.7. The van der Waals surface area contributed by atoms with E-state index >= 15 is 0 Å². The number of carbonyl (C=O) groups is 3. The lowest BCUT2D eigenvalue weighted by molar-refractivity contribution is -0.143. The van der Waals surface area contributed by atoms with Crippen molar-refractivity contribution in [1.29, 1.82) is 0 Å². The van der Waals surface area contributed by atoms with E-state index in [-0.39, 0.29) is 18.5 Å². The van der Waals surface area contributed by atoms with E-state index in [1.807, 2.05) is 20.8 Å². The molecule has 0 N–H and O–H groups in total. The second kappa shape index (κ2) is 6.38. The molecule has 1 aromatic carbocycles. The van der Waals surface area contributed by atoms with Crippen LogP contribution in [0.3, 0.4) is 0 Å². The molecule has 5 nitrogen and oxygen atoms in total. The van der Waals surface area contributed by atoms with Gasteiger partial charge >= 0.3 is 17.8 Å². The Balaban J connectivity index is 2.33. The van der Waals surface area contributed by atoms with Crippen LogP contribution < -0.4 is 0 Å². The molecule has 0 aromatic heterocycles. The maximum absolute atomic E-state index is 12.4. The van der Waals surface area contributed by atoms with Crippen molar-refractivity contribution in [2.24, 2.45) is 0 Å². The van der Waals surface area contributed by atoms with Gasteiger partial charge in [-0.25, -0.2) is 4.79 Å². The van der Waals surface area contributed by atoms with Crippen LogP contribution in [0.15, 0.2) is 12.1 Å². The standard InChI is InChI=1S/C19H26N2O3/c1-7-8-20-16(22)17(23)21(18(20)24)11-15-12(2)9-14(10-13(15)3)19(4,5)6/h9-10H,7-8,11H2,1-6H3. The Morgan fingerprint density at radius 2 is 1.42 bits per heavy atom. The molecule has 1 saturated heterocycles. The summed E-state index contributed by atoms with van der Waals surface area (Å²) in [6.07, 6.45) is 0.636. The summed E-state index contributed by atoms with van der Waals surface area (Å²) in [5.41, 5.74) is 4.23. The molecule has 0 saturated carbocycles. The Kier molecular flexibility index (Phi) is 4.83. The molecular weight excluding hydrogens is 304 g/mol. The molecule has 1 heterocycles. The number of hydrogen-bond donors (Lipinski definition) is 0. The van der Waals surface area contributed by atoms with Crippen LogP contribution in [-0.2, 0) is 21.5 Å². The van der Waals surface area contributed by atoms with E-state index < -0.39 is 17.8 Å². The molecule has 0 atom stereocenters. The Morgan fingerprint density at radius 1 is 0.917 bits per heavy atom. The molecular formula is C19H26N2O3. The molecule has 1 aromatic rings. The number of hydrogen-bond acceptors (Lipinski definition) is 3. The Bertz CT molecular complexity index is 678. The van der Waals surface area contributed by atoms with Gasteiger partial charge in [0.25, 0.3) is 0 Å². The Hall–Kier alpha value is -2.17. The minimum atomic E-state index is -0.729. The quantitative estimate of drug-likeness (QED) is 0.629. The summed E-state index contributed by atoms with van der Waals surface area (Å²) in [5, 5.41) is 0. The van der Waals surface area contributed by atoms with Crippen molar-refractivity contribution in [3.63, 3.8) is 0 Å². The number of nitrogens with zero attached hydrogens (tertiary/aromatic N) is 2. The van der Waals surface area contributed by atoms with Gasteiger partial charge in [0, 0.05) is 6.54 Å². The van der Waals surface area contributed by atoms with Crippen molar-refractivity contribution in [1.82, 2.24) is 9.80 Å². The van der Waals surface area contributed by atoms with Gasteiger partial charge in [-0.3, -0.25) is 19.4 Å². The zero-order chi connectivity index (χ0) is 18.2. The zero-order valence-electron chi connectivity index (χ0n) is 15.4. The van der Waals surface area contributed by atoms with Crippen molar-refractivity contribution in [2.75, 3.05) is 6.54 Å². The number of benzene rings is 1. The summed E-state index contributed by atoms with van der Waals surface area (Å²) in [4.78, 5) is 38.6. The molecule has 4 amide bonds. The maximum Gasteiger partial charge on any atom is 0.334 e. The third-order valence-electron chi connectivity index (χ3n) is 4.46. The number of urea groups is 1. The summed E-state index contributed by atoms with van der Waals surface area (Å²) >= 11 is 0. The SMILES string of the molecule is CCCN1C(=O)C(=O)N(Cc2c(C)cc(C(C)(C)C)cc2C)C1=O. The van der Waals surface area contributed by atoms with Crippen LogP contribution in [-0.4, -0.2) is 34.2 Å². The van der Waals surface area contributed by atoms with E-state index in [4.69, 9.17) is 0 Å². The average molecular weight is 330 g/mol. The van der Waals surface area contributed by atoms with Gasteiger partial charge in [-0.15, -0.1) is 0 Å². The first-order valence-electron chi connectivity index (χ1n) is 8.35. The van der Waals surface area contributed by atoms with E-state index in [0.29, 0.717) is 6.42 Å². The molecule has 0 unspecified atom stereocenters. The van der Waals surface area contributed by atoms with E-state index in [1.165, 1.54) is 5.56 Å². The molecule has 0 bridgehead atoms. The minimum absolute atomic E-state index is 0.0290. The van der Waals surface area contributed by atoms with Crippen LogP contribution in [0, 0.1) is 13.8 Å². The number of amides is 4. The first kappa shape index (κ1) is 18.2. The van der Waals surface area contributed by atoms with Crippen LogP contribution >= 0.6 is 0 Å². The number of rotatable bonds is 4. The van der Waals surface area contributed by atoms with Gasteiger partial charge in [0.05, 0.1) is 6.54 Å². The highest BCUT2D eigenvalue weighted by Crippen LogP contribution is 2.28. The van der Waals surface area contributed by atoms with E-state index in [2.05, 4.69) is 32.9 Å². The number of imide groups is 2. The first-order valence-corrected chi connectivity index (χ1v) is 8.35. The molecule has 24 heavy (non-hydrogen) atoms. The van der Waals surface area contributed by atoms with E-state index in [1.54, 1.807) is 0 Å². The third kappa shape index (κ3) is 3.21. The largest absolute Gasteiger partial charge is 0.334 e. The van der Waals surface area contributed by atoms with Crippen molar-refractivity contribution in [3.8, 4) is 0 Å². The molecule has 1 fully saturated rings. The van der Waals surface area contributed by atoms with Crippen LogP contribution in [0.1, 0.15) is 56.4 Å². The Labute approximate surface area is 143 Å². The predicted molar refractivity (Wildman–Crippen MR) is 92.6 cm³/mol. The molecule has 1 aliphatic heterocycles. The molecule has 1 aliphatic rings. The molecule has 130 valence electrons. The van der Waals surface area contributed by atoms with Gasteiger partial charge in [0.15, 0.2) is 0 Å². The topological polar surface area (TPSA) is 57.7 Å². The zero-order valence-corrected chi connectivity index (χ0v) is 15.4. The van der Waals surface area contributed by atoms with Gasteiger partial charge in [0.2, 0.25) is 0 Å². The summed E-state index contributed by atoms with van der Waals surface area (Å²) in [5.74, 6) is -1.45. The maximum atomic E-state index is 12.4. The van der Waals surface area contributed by atoms with Crippen LogP contribution in [0.2, 0.25) is 0 Å². The summed E-state index contributed by atoms with van der Waals surface area (Å²) in [6, 6.07) is 3.68. The monoisotopic (exact) mass is 330 g/mol. The Morgan fingerprint density at radius 3 is 1.88 bits per heavy atom. The molecule has 5 heteroatoms. The lowest BCUT2D eigenvalue weighted by Crippen LogP contribution is -2.33. The highest BCUT2D eigenvalue weighted by Gasteiger charge is 2.44. The average Bonchev–Trinajstić information content (AvgIpc) is 2.67. The van der Waals surface area contributed by atoms with E-state index in [0.717, 1.165) is 26.5 Å². The fourth-order valence-electron chi connectivity index (χ4n) is 2.94. The predicted octanol–water partition coefficient (Wildman–Crippen LogP) is 3.30. The van der Waals surface area contributed by atoms with Crippen LogP contribution in [0.5, 0.6) is 0 Å². The molecule has 0 aliphatic carbocycles. The van der Waals surface area contributed by atoms with Gasteiger partial charge in [-0.2, -0.15) is 0 Å².